The van der Waals surface area contributed by atoms with Crippen LogP contribution in [0.5, 0.6) is 0 Å². The number of rotatable bonds is 4. The number of allylic oxidation sites excluding steroid dienone is 1. The second-order valence-electron chi connectivity index (χ2n) is 4.57. The third-order valence-electron chi connectivity index (χ3n) is 2.63. The summed E-state index contributed by atoms with van der Waals surface area (Å²) in [6, 6.07) is 4.86. The minimum absolute atomic E-state index is 0.0261. The molecule has 0 bridgehead atoms. The van der Waals surface area contributed by atoms with Gasteiger partial charge in [-0.1, -0.05) is 19.9 Å². The summed E-state index contributed by atoms with van der Waals surface area (Å²) in [6.07, 6.45) is -3.05. The number of benzene rings is 1. The minimum Gasteiger partial charge on any atom is -0.359 e. The van der Waals surface area contributed by atoms with Crippen molar-refractivity contribution in [3.8, 4) is 0 Å². The number of nitrogens with one attached hydrogen (secondary N) is 2. The fourth-order valence-corrected chi connectivity index (χ4v) is 1.50. The van der Waals surface area contributed by atoms with E-state index in [9.17, 15) is 18.0 Å². The van der Waals surface area contributed by atoms with Gasteiger partial charge in [0.1, 0.15) is 0 Å². The van der Waals surface area contributed by atoms with E-state index in [0.29, 0.717) is 11.4 Å². The zero-order valence-electron chi connectivity index (χ0n) is 11.5. The maximum atomic E-state index is 12.6. The quantitative estimate of drug-likeness (QED) is 0.833. The summed E-state index contributed by atoms with van der Waals surface area (Å²) in [5.41, 5.74) is 0.109. The first-order chi connectivity index (χ1) is 9.24. The van der Waals surface area contributed by atoms with E-state index in [1.807, 2.05) is 13.8 Å². The molecule has 0 aliphatic heterocycles. The van der Waals surface area contributed by atoms with Crippen molar-refractivity contribution in [2.45, 2.75) is 20.0 Å². The van der Waals surface area contributed by atoms with Gasteiger partial charge in [0.05, 0.1) is 5.56 Å². The largest absolute Gasteiger partial charge is 0.416 e. The zero-order chi connectivity index (χ0) is 15.3. The molecule has 1 aromatic rings. The van der Waals surface area contributed by atoms with E-state index in [1.165, 1.54) is 25.3 Å². The summed E-state index contributed by atoms with van der Waals surface area (Å²) >= 11 is 0. The highest BCUT2D eigenvalue weighted by Gasteiger charge is 2.30. The molecule has 0 aliphatic rings. The van der Waals surface area contributed by atoms with Gasteiger partial charge in [-0.15, -0.1) is 0 Å². The Morgan fingerprint density at radius 1 is 1.30 bits per heavy atom. The van der Waals surface area contributed by atoms with E-state index in [4.69, 9.17) is 0 Å². The number of carbonyl (C=O) groups excluding carboxylic acids is 1. The maximum absolute atomic E-state index is 12.6. The molecule has 0 heterocycles. The first-order valence-corrected chi connectivity index (χ1v) is 6.11. The van der Waals surface area contributed by atoms with E-state index in [2.05, 4.69) is 10.6 Å². The van der Waals surface area contributed by atoms with Crippen molar-refractivity contribution in [3.63, 3.8) is 0 Å². The molecule has 0 spiro atoms. The van der Waals surface area contributed by atoms with E-state index < -0.39 is 11.7 Å². The number of alkyl halides is 3. The molecule has 0 atom stereocenters. The summed E-state index contributed by atoms with van der Waals surface area (Å²) in [5.74, 6) is -0.338. The van der Waals surface area contributed by atoms with E-state index in [0.717, 1.165) is 12.1 Å². The molecule has 110 valence electrons. The van der Waals surface area contributed by atoms with Gasteiger partial charge in [-0.25, -0.2) is 0 Å². The van der Waals surface area contributed by atoms with Crippen LogP contribution in [-0.4, -0.2) is 13.0 Å². The molecule has 0 fully saturated rings. The molecule has 2 N–H and O–H groups in total. The molecule has 0 unspecified atom stereocenters. The van der Waals surface area contributed by atoms with E-state index >= 15 is 0 Å². The van der Waals surface area contributed by atoms with E-state index in [1.54, 1.807) is 0 Å². The molecule has 1 rings (SSSR count). The van der Waals surface area contributed by atoms with Crippen molar-refractivity contribution in [1.29, 1.82) is 0 Å². The number of carbonyl (C=O) groups is 1. The second kappa shape index (κ2) is 6.45. The maximum Gasteiger partial charge on any atom is 0.416 e. The Bertz CT molecular complexity index is 507. The molecule has 0 saturated heterocycles. The van der Waals surface area contributed by atoms with Gasteiger partial charge < -0.3 is 10.6 Å². The highest BCUT2D eigenvalue weighted by Crippen LogP contribution is 2.31. The first kappa shape index (κ1) is 16.1. The topological polar surface area (TPSA) is 41.1 Å². The van der Waals surface area contributed by atoms with Crippen LogP contribution in [0.3, 0.4) is 0 Å². The lowest BCUT2D eigenvalue weighted by Crippen LogP contribution is -2.18. The van der Waals surface area contributed by atoms with Gasteiger partial charge in [0.25, 0.3) is 0 Å². The van der Waals surface area contributed by atoms with Crippen molar-refractivity contribution >= 4 is 11.6 Å². The van der Waals surface area contributed by atoms with Crippen LogP contribution in [0, 0.1) is 5.92 Å². The van der Waals surface area contributed by atoms with Crippen molar-refractivity contribution in [1.82, 2.24) is 5.32 Å². The number of amides is 1. The highest BCUT2D eigenvalue weighted by molar-refractivity contribution is 5.88. The Hall–Kier alpha value is -1.98. The molecular weight excluding hydrogens is 269 g/mol. The fourth-order valence-electron chi connectivity index (χ4n) is 1.50. The summed E-state index contributed by atoms with van der Waals surface area (Å²) in [5, 5.41) is 5.29. The van der Waals surface area contributed by atoms with Crippen LogP contribution < -0.4 is 10.6 Å². The van der Waals surface area contributed by atoms with Gasteiger partial charge in [0, 0.05) is 24.5 Å². The summed E-state index contributed by atoms with van der Waals surface area (Å²) in [4.78, 5) is 11.3. The van der Waals surface area contributed by atoms with Crippen LogP contribution in [0.25, 0.3) is 0 Å². The molecule has 1 amide bonds. The predicted octanol–water partition coefficient (Wildman–Crippen LogP) is 3.40. The van der Waals surface area contributed by atoms with Gasteiger partial charge in [-0.2, -0.15) is 13.2 Å². The third kappa shape index (κ3) is 4.60. The Labute approximate surface area is 115 Å². The molecule has 0 saturated carbocycles. The smallest absolute Gasteiger partial charge is 0.359 e. The first-order valence-electron chi connectivity index (χ1n) is 6.11. The van der Waals surface area contributed by atoms with Crippen LogP contribution >= 0.6 is 0 Å². The van der Waals surface area contributed by atoms with Crippen LogP contribution in [-0.2, 0) is 11.0 Å². The van der Waals surface area contributed by atoms with Crippen LogP contribution in [0.15, 0.2) is 36.0 Å². The highest BCUT2D eigenvalue weighted by atomic mass is 19.4. The molecule has 0 radical (unpaired) electrons. The van der Waals surface area contributed by atoms with Gasteiger partial charge in [0.15, 0.2) is 0 Å². The lowest BCUT2D eigenvalue weighted by molar-refractivity contribution is -0.137. The Morgan fingerprint density at radius 3 is 2.45 bits per heavy atom. The number of hydrogen-bond donors (Lipinski definition) is 2. The number of anilines is 1. The molecular formula is C14H17F3N2O. The van der Waals surface area contributed by atoms with Gasteiger partial charge in [0.2, 0.25) is 5.91 Å². The standard InChI is InChI=1S/C14H17F3N2O/c1-9(2)12(8-13(20)18-3)19-11-6-4-5-10(7-11)14(15,16)17/h4-9,19H,1-3H3,(H,18,20)/b12-8-. The van der Waals surface area contributed by atoms with Crippen molar-refractivity contribution in [2.24, 2.45) is 5.92 Å². The average molecular weight is 286 g/mol. The number of hydrogen-bond acceptors (Lipinski definition) is 2. The summed E-state index contributed by atoms with van der Waals surface area (Å²) < 4.78 is 37.9. The zero-order valence-corrected chi connectivity index (χ0v) is 11.5. The van der Waals surface area contributed by atoms with Crippen molar-refractivity contribution in [2.75, 3.05) is 12.4 Å². The fraction of sp³-hybridized carbons (Fsp3) is 0.357. The lowest BCUT2D eigenvalue weighted by atomic mass is 10.1. The molecule has 1 aromatic carbocycles. The SMILES string of the molecule is CNC(=O)/C=C(\Nc1cccc(C(F)(F)F)c1)C(C)C. The van der Waals surface area contributed by atoms with Gasteiger partial charge in [-0.3, -0.25) is 4.79 Å². The second-order valence-corrected chi connectivity index (χ2v) is 4.57. The Kier molecular flexibility index (Phi) is 5.19. The number of likely N-dealkylation sites (N-methyl/N-ethyl adjacent to an activating group) is 1. The van der Waals surface area contributed by atoms with Crippen LogP contribution in [0.4, 0.5) is 18.9 Å². The lowest BCUT2D eigenvalue weighted by Gasteiger charge is -2.16. The molecule has 0 aliphatic carbocycles. The summed E-state index contributed by atoms with van der Waals surface area (Å²) in [7, 11) is 1.49. The predicted molar refractivity (Wildman–Crippen MR) is 72.1 cm³/mol. The Morgan fingerprint density at radius 2 is 1.95 bits per heavy atom. The van der Waals surface area contributed by atoms with Gasteiger partial charge in [-0.05, 0) is 24.1 Å². The minimum atomic E-state index is -4.39. The molecule has 20 heavy (non-hydrogen) atoms. The number of halogens is 3. The van der Waals surface area contributed by atoms with Crippen LogP contribution in [0.1, 0.15) is 19.4 Å². The Balaban J connectivity index is 3.01. The monoisotopic (exact) mass is 286 g/mol. The molecule has 0 aromatic heterocycles. The average Bonchev–Trinajstić information content (AvgIpc) is 2.37. The van der Waals surface area contributed by atoms with Crippen LogP contribution in [0.2, 0.25) is 0 Å². The normalized spacial score (nSPS) is 12.4. The van der Waals surface area contributed by atoms with Crippen molar-refractivity contribution in [3.05, 3.63) is 41.6 Å². The molecule has 6 heteroatoms. The molecule has 3 nitrogen and oxygen atoms in total. The van der Waals surface area contributed by atoms with Gasteiger partial charge >= 0.3 is 6.18 Å². The third-order valence-corrected chi connectivity index (χ3v) is 2.63. The van der Waals surface area contributed by atoms with E-state index in [-0.39, 0.29) is 11.8 Å². The summed E-state index contributed by atoms with van der Waals surface area (Å²) in [6.45, 7) is 3.69. The van der Waals surface area contributed by atoms with Crippen molar-refractivity contribution < 1.29 is 18.0 Å².